The van der Waals surface area contributed by atoms with Crippen LogP contribution in [0.25, 0.3) is 16.8 Å². The number of carbonyl (C=O) groups is 1. The Labute approximate surface area is 158 Å². The number of carbonyl (C=O) groups excluding carboxylic acids is 1. The molecule has 0 unspecified atom stereocenters. The third-order valence-corrected chi connectivity index (χ3v) is 4.53. The maximum Gasteiger partial charge on any atom is 0.250 e. The van der Waals surface area contributed by atoms with Crippen LogP contribution in [0.4, 0.5) is 5.69 Å². The minimum absolute atomic E-state index is 0.263. The second-order valence-corrected chi connectivity index (χ2v) is 6.50. The van der Waals surface area contributed by atoms with Gasteiger partial charge >= 0.3 is 0 Å². The van der Waals surface area contributed by atoms with E-state index in [1.54, 1.807) is 6.08 Å². The number of anilines is 1. The summed E-state index contributed by atoms with van der Waals surface area (Å²) in [4.78, 5) is 12.2. The van der Waals surface area contributed by atoms with Gasteiger partial charge in [0.05, 0.1) is 0 Å². The van der Waals surface area contributed by atoms with E-state index in [1.807, 2.05) is 62.4 Å². The highest BCUT2D eigenvalue weighted by molar-refractivity contribution is 7.80. The molecule has 0 heterocycles. The van der Waals surface area contributed by atoms with Gasteiger partial charge in [0.25, 0.3) is 0 Å². The van der Waals surface area contributed by atoms with Crippen molar-refractivity contribution < 1.29 is 4.79 Å². The quantitative estimate of drug-likeness (QED) is 0.511. The van der Waals surface area contributed by atoms with Crippen molar-refractivity contribution >= 4 is 45.8 Å². The predicted octanol–water partition coefficient (Wildman–Crippen LogP) is 4.98. The average molecular weight is 360 g/mol. The number of hydrogen-bond acceptors (Lipinski definition) is 2. The van der Waals surface area contributed by atoms with E-state index in [-0.39, 0.29) is 11.0 Å². The summed E-state index contributed by atoms with van der Waals surface area (Å²) in [5.74, 6) is -0.263. The number of thiocarbonyl (C=S) groups is 1. The molecule has 0 saturated heterocycles. The van der Waals surface area contributed by atoms with Crippen LogP contribution in [0.2, 0.25) is 0 Å². The number of amides is 1. The Balaban J connectivity index is 1.67. The Morgan fingerprint density at radius 2 is 1.69 bits per heavy atom. The molecule has 4 heteroatoms. The molecule has 0 fully saturated rings. The summed E-state index contributed by atoms with van der Waals surface area (Å²) in [6.07, 6.45) is 3.30. The van der Waals surface area contributed by atoms with Crippen molar-refractivity contribution in [2.45, 2.75) is 13.8 Å². The van der Waals surface area contributed by atoms with E-state index in [4.69, 9.17) is 12.2 Å². The first-order valence-corrected chi connectivity index (χ1v) is 8.79. The predicted molar refractivity (Wildman–Crippen MR) is 113 cm³/mol. The molecule has 0 aromatic heterocycles. The fourth-order valence-electron chi connectivity index (χ4n) is 2.75. The molecule has 0 bridgehead atoms. The van der Waals surface area contributed by atoms with Crippen LogP contribution in [0.15, 0.2) is 66.7 Å². The molecular formula is C22H20N2OS. The van der Waals surface area contributed by atoms with E-state index >= 15 is 0 Å². The van der Waals surface area contributed by atoms with Gasteiger partial charge in [-0.3, -0.25) is 10.1 Å². The highest BCUT2D eigenvalue weighted by Gasteiger charge is 2.05. The third kappa shape index (κ3) is 4.16. The second-order valence-electron chi connectivity index (χ2n) is 6.09. The second kappa shape index (κ2) is 7.93. The molecule has 2 N–H and O–H groups in total. The van der Waals surface area contributed by atoms with Crippen molar-refractivity contribution in [2.75, 3.05) is 5.32 Å². The standard InChI is InChI=1S/C22H20N2OS/c1-15-7-5-12-20(16(15)2)23-22(26)24-21(25)14-13-18-10-6-9-17-8-3-4-11-19(17)18/h3-14H,1-2H3,(H2,23,24,25,26)/b14-13+. The summed E-state index contributed by atoms with van der Waals surface area (Å²) in [5, 5.41) is 8.29. The van der Waals surface area contributed by atoms with Gasteiger partial charge in [-0.05, 0) is 65.7 Å². The van der Waals surface area contributed by atoms with Gasteiger partial charge in [0.1, 0.15) is 0 Å². The molecule has 0 saturated carbocycles. The van der Waals surface area contributed by atoms with Gasteiger partial charge < -0.3 is 5.32 Å². The van der Waals surface area contributed by atoms with E-state index in [9.17, 15) is 4.79 Å². The Morgan fingerprint density at radius 3 is 2.54 bits per heavy atom. The van der Waals surface area contributed by atoms with Crippen LogP contribution in [-0.4, -0.2) is 11.0 Å². The summed E-state index contributed by atoms with van der Waals surface area (Å²) >= 11 is 5.25. The summed E-state index contributed by atoms with van der Waals surface area (Å²) in [7, 11) is 0. The maximum absolute atomic E-state index is 12.2. The molecule has 1 amide bonds. The minimum Gasteiger partial charge on any atom is -0.332 e. The Kier molecular flexibility index (Phi) is 5.44. The number of fused-ring (bicyclic) bond motifs is 1. The topological polar surface area (TPSA) is 41.1 Å². The Morgan fingerprint density at radius 1 is 0.962 bits per heavy atom. The lowest BCUT2D eigenvalue weighted by Crippen LogP contribution is -2.33. The van der Waals surface area contributed by atoms with Gasteiger partial charge in [0.15, 0.2) is 5.11 Å². The number of aryl methyl sites for hydroxylation is 1. The van der Waals surface area contributed by atoms with Crippen molar-refractivity contribution in [3.63, 3.8) is 0 Å². The van der Waals surface area contributed by atoms with Crippen molar-refractivity contribution in [2.24, 2.45) is 0 Å². The number of nitrogens with one attached hydrogen (secondary N) is 2. The van der Waals surface area contributed by atoms with Crippen LogP contribution < -0.4 is 10.6 Å². The molecule has 0 radical (unpaired) electrons. The van der Waals surface area contributed by atoms with Gasteiger partial charge in [0, 0.05) is 11.8 Å². The van der Waals surface area contributed by atoms with Crippen LogP contribution in [0.3, 0.4) is 0 Å². The summed E-state index contributed by atoms with van der Waals surface area (Å²) in [5.41, 5.74) is 4.16. The van der Waals surface area contributed by atoms with Gasteiger partial charge in [-0.15, -0.1) is 0 Å². The van der Waals surface area contributed by atoms with Crippen molar-refractivity contribution in [1.29, 1.82) is 0 Å². The monoisotopic (exact) mass is 360 g/mol. The van der Waals surface area contributed by atoms with Crippen LogP contribution in [0.1, 0.15) is 16.7 Å². The lowest BCUT2D eigenvalue weighted by atomic mass is 10.0. The minimum atomic E-state index is -0.263. The third-order valence-electron chi connectivity index (χ3n) is 4.33. The van der Waals surface area contributed by atoms with Crippen molar-refractivity contribution in [1.82, 2.24) is 5.32 Å². The molecule has 3 aromatic rings. The molecule has 3 rings (SSSR count). The maximum atomic E-state index is 12.2. The molecule has 3 nitrogen and oxygen atoms in total. The first kappa shape index (κ1) is 17.8. The zero-order valence-corrected chi connectivity index (χ0v) is 15.6. The molecule has 0 aliphatic carbocycles. The molecular weight excluding hydrogens is 340 g/mol. The fraction of sp³-hybridized carbons (Fsp3) is 0.0909. The SMILES string of the molecule is Cc1cccc(NC(=S)NC(=O)/C=C/c2cccc3ccccc23)c1C. The molecule has 3 aromatic carbocycles. The summed E-state index contributed by atoms with van der Waals surface area (Å²) in [6, 6.07) is 20.0. The van der Waals surface area contributed by atoms with E-state index in [2.05, 4.69) is 22.8 Å². The molecule has 0 spiro atoms. The fourth-order valence-corrected chi connectivity index (χ4v) is 2.97. The van der Waals surface area contributed by atoms with Gasteiger partial charge in [-0.2, -0.15) is 0 Å². The van der Waals surface area contributed by atoms with Gasteiger partial charge in [-0.25, -0.2) is 0 Å². The largest absolute Gasteiger partial charge is 0.332 e. The lowest BCUT2D eigenvalue weighted by molar-refractivity contribution is -0.115. The van der Waals surface area contributed by atoms with Crippen LogP contribution in [0.5, 0.6) is 0 Å². The number of hydrogen-bond donors (Lipinski definition) is 2. The average Bonchev–Trinajstić information content (AvgIpc) is 2.63. The first-order valence-electron chi connectivity index (χ1n) is 8.38. The van der Waals surface area contributed by atoms with E-state index < -0.39 is 0 Å². The van der Waals surface area contributed by atoms with E-state index in [1.165, 1.54) is 11.6 Å². The molecule has 26 heavy (non-hydrogen) atoms. The normalized spacial score (nSPS) is 10.8. The lowest BCUT2D eigenvalue weighted by Gasteiger charge is -2.12. The molecule has 0 aliphatic rings. The van der Waals surface area contributed by atoms with Crippen LogP contribution in [0, 0.1) is 13.8 Å². The Bertz CT molecular complexity index is 1000. The molecule has 0 aliphatic heterocycles. The van der Waals surface area contributed by atoms with Crippen molar-refractivity contribution in [3.8, 4) is 0 Å². The number of benzene rings is 3. The smallest absolute Gasteiger partial charge is 0.250 e. The highest BCUT2D eigenvalue weighted by Crippen LogP contribution is 2.20. The van der Waals surface area contributed by atoms with Crippen LogP contribution in [-0.2, 0) is 4.79 Å². The highest BCUT2D eigenvalue weighted by atomic mass is 32.1. The van der Waals surface area contributed by atoms with E-state index in [0.717, 1.165) is 27.6 Å². The first-order chi connectivity index (χ1) is 12.5. The zero-order chi connectivity index (χ0) is 18.5. The van der Waals surface area contributed by atoms with Crippen LogP contribution >= 0.6 is 12.2 Å². The van der Waals surface area contributed by atoms with E-state index in [0.29, 0.717) is 0 Å². The van der Waals surface area contributed by atoms with Crippen molar-refractivity contribution in [3.05, 3.63) is 83.4 Å². The number of rotatable bonds is 3. The van der Waals surface area contributed by atoms with Gasteiger partial charge in [0.2, 0.25) is 5.91 Å². The summed E-state index contributed by atoms with van der Waals surface area (Å²) in [6.45, 7) is 4.05. The Hall–Kier alpha value is -2.98. The van der Waals surface area contributed by atoms with Gasteiger partial charge in [-0.1, -0.05) is 54.6 Å². The molecule has 130 valence electrons. The summed E-state index contributed by atoms with van der Waals surface area (Å²) < 4.78 is 0. The zero-order valence-electron chi connectivity index (χ0n) is 14.7. The molecule has 0 atom stereocenters.